The lowest BCUT2D eigenvalue weighted by Gasteiger charge is -2.45. The van der Waals surface area contributed by atoms with Gasteiger partial charge >= 0.3 is 17.9 Å². The van der Waals surface area contributed by atoms with E-state index in [1.807, 2.05) is 30.3 Å². The minimum atomic E-state index is -1.65. The minimum Gasteiger partial charge on any atom is -0.463 e. The van der Waals surface area contributed by atoms with Gasteiger partial charge in [-0.15, -0.1) is 16.9 Å². The van der Waals surface area contributed by atoms with Crippen molar-refractivity contribution < 1.29 is 51.2 Å². The molecule has 0 radical (unpaired) electrons. The Morgan fingerprint density at radius 1 is 0.977 bits per heavy atom. The molecule has 3 aromatic rings. The van der Waals surface area contributed by atoms with E-state index < -0.39 is 65.1 Å². The Morgan fingerprint density at radius 2 is 1.61 bits per heavy atom. The summed E-state index contributed by atoms with van der Waals surface area (Å²) in [4.78, 5) is 36.5. The Hall–Kier alpha value is -3.95. The number of carbonyl (C=O) groups is 3. The molecular weight excluding hydrogens is 607 g/mol. The third-order valence-corrected chi connectivity index (χ3v) is 7.94. The van der Waals surface area contributed by atoms with Crippen LogP contribution in [0, 0.1) is 17.5 Å². The Bertz CT molecular complexity index is 1450. The number of hydrogen-bond acceptors (Lipinski definition) is 11. The number of methoxy groups -OCH3 is 1. The highest BCUT2D eigenvalue weighted by molar-refractivity contribution is 8.00. The molecule has 1 saturated heterocycles. The molecule has 1 aliphatic rings. The standard InChI is InChI=1S/C29H30F3N3O8S/c1-15(36)40-13-23-27(41-16(2)37)26(35-12-22(33-34-35)19-10-20(30)25(32)21(31)11-19)28(42-17(3)38)29(43-23)44-24(14-39-4)18-8-6-5-7-9-18/h5-12,23-24,26-29H,13-14H2,1-4H3/t23-,24?,26+,27+,28-,29+/m1/s1. The second-order valence-corrected chi connectivity index (χ2v) is 11.1. The van der Waals surface area contributed by atoms with Crippen molar-refractivity contribution in [3.63, 3.8) is 0 Å². The van der Waals surface area contributed by atoms with E-state index in [0.717, 1.165) is 24.6 Å². The lowest BCUT2D eigenvalue weighted by Crippen LogP contribution is -2.58. The number of esters is 3. The van der Waals surface area contributed by atoms with Crippen molar-refractivity contribution in [1.82, 2.24) is 15.0 Å². The van der Waals surface area contributed by atoms with Crippen LogP contribution in [0.5, 0.6) is 0 Å². The average Bonchev–Trinajstić information content (AvgIpc) is 3.45. The van der Waals surface area contributed by atoms with Gasteiger partial charge in [-0.1, -0.05) is 35.5 Å². The number of nitrogens with zero attached hydrogens (tertiary/aromatic N) is 3. The van der Waals surface area contributed by atoms with Gasteiger partial charge in [0.05, 0.1) is 18.1 Å². The first kappa shape index (κ1) is 33.0. The van der Waals surface area contributed by atoms with Crippen molar-refractivity contribution in [3.8, 4) is 11.3 Å². The summed E-state index contributed by atoms with van der Waals surface area (Å²) in [6, 6.07) is 9.71. The second-order valence-electron chi connectivity index (χ2n) is 9.81. The summed E-state index contributed by atoms with van der Waals surface area (Å²) in [5.41, 5.74) is -0.271. The van der Waals surface area contributed by atoms with Crippen molar-refractivity contribution in [1.29, 1.82) is 0 Å². The molecule has 11 nitrogen and oxygen atoms in total. The van der Waals surface area contributed by atoms with E-state index in [1.165, 1.54) is 43.6 Å². The van der Waals surface area contributed by atoms with Crippen LogP contribution in [0.25, 0.3) is 11.3 Å². The van der Waals surface area contributed by atoms with Crippen LogP contribution in [0.1, 0.15) is 37.6 Å². The number of carbonyl (C=O) groups excluding carboxylic acids is 3. The lowest BCUT2D eigenvalue weighted by molar-refractivity contribution is -0.212. The molecule has 0 saturated carbocycles. The van der Waals surface area contributed by atoms with Gasteiger partial charge in [0.15, 0.2) is 29.7 Å². The maximum absolute atomic E-state index is 14.0. The Kier molecular flexibility index (Phi) is 11.0. The molecule has 44 heavy (non-hydrogen) atoms. The fraction of sp³-hybridized carbons (Fsp3) is 0.414. The minimum absolute atomic E-state index is 0.0558. The van der Waals surface area contributed by atoms with E-state index in [9.17, 15) is 27.6 Å². The van der Waals surface area contributed by atoms with E-state index in [2.05, 4.69) is 10.3 Å². The highest BCUT2D eigenvalue weighted by atomic mass is 32.2. The van der Waals surface area contributed by atoms with Crippen LogP contribution in [-0.2, 0) is 38.1 Å². The number of ether oxygens (including phenoxy) is 5. The summed E-state index contributed by atoms with van der Waals surface area (Å²) in [5, 5.41) is 7.75. The highest BCUT2D eigenvalue weighted by Crippen LogP contribution is 2.44. The molecule has 0 spiro atoms. The van der Waals surface area contributed by atoms with Crippen LogP contribution < -0.4 is 0 Å². The highest BCUT2D eigenvalue weighted by Gasteiger charge is 2.52. The number of thioether (sulfide) groups is 1. The Morgan fingerprint density at radius 3 is 2.20 bits per heavy atom. The van der Waals surface area contributed by atoms with Gasteiger partial charge in [-0.05, 0) is 17.7 Å². The van der Waals surface area contributed by atoms with E-state index in [-0.39, 0.29) is 29.7 Å². The maximum Gasteiger partial charge on any atom is 0.303 e. The molecular formula is C29H30F3N3O8S. The van der Waals surface area contributed by atoms with Gasteiger partial charge in [-0.25, -0.2) is 17.9 Å². The van der Waals surface area contributed by atoms with Crippen molar-refractivity contribution >= 4 is 29.7 Å². The number of aromatic nitrogens is 3. The van der Waals surface area contributed by atoms with Crippen LogP contribution in [0.3, 0.4) is 0 Å². The third-order valence-electron chi connectivity index (χ3n) is 6.55. The summed E-state index contributed by atoms with van der Waals surface area (Å²) in [6.07, 6.45) is -2.23. The summed E-state index contributed by atoms with van der Waals surface area (Å²) >= 11 is 1.25. The lowest BCUT2D eigenvalue weighted by atomic mass is 9.96. The number of halogens is 3. The normalized spacial score (nSPS) is 22.2. The smallest absolute Gasteiger partial charge is 0.303 e. The second kappa shape index (κ2) is 14.7. The van der Waals surface area contributed by atoms with Crippen LogP contribution in [0.4, 0.5) is 13.2 Å². The van der Waals surface area contributed by atoms with Gasteiger partial charge in [-0.3, -0.25) is 14.4 Å². The zero-order valence-corrected chi connectivity index (χ0v) is 25.0. The first-order valence-corrected chi connectivity index (χ1v) is 14.3. The van der Waals surface area contributed by atoms with E-state index in [1.54, 1.807) is 0 Å². The van der Waals surface area contributed by atoms with Crippen molar-refractivity contribution in [2.24, 2.45) is 0 Å². The van der Waals surface area contributed by atoms with Gasteiger partial charge in [0.2, 0.25) is 0 Å². The number of benzene rings is 2. The van der Waals surface area contributed by atoms with Gasteiger partial charge in [0, 0.05) is 33.4 Å². The molecule has 2 aromatic carbocycles. The molecule has 1 aliphatic heterocycles. The molecule has 0 bridgehead atoms. The van der Waals surface area contributed by atoms with Crippen LogP contribution >= 0.6 is 11.8 Å². The average molecular weight is 638 g/mol. The summed E-state index contributed by atoms with van der Waals surface area (Å²) in [7, 11) is 1.53. The predicted molar refractivity (Wildman–Crippen MR) is 149 cm³/mol. The van der Waals surface area contributed by atoms with Crippen molar-refractivity contribution in [2.75, 3.05) is 20.3 Å². The Labute approximate surface area is 254 Å². The first-order valence-electron chi connectivity index (χ1n) is 13.4. The molecule has 1 aromatic heterocycles. The van der Waals surface area contributed by atoms with Crippen LogP contribution in [-0.4, -0.2) is 77.0 Å². The molecule has 0 aliphatic carbocycles. The third kappa shape index (κ3) is 7.95. The summed E-state index contributed by atoms with van der Waals surface area (Å²) in [5.74, 6) is -6.55. The Balaban J connectivity index is 1.82. The fourth-order valence-electron chi connectivity index (χ4n) is 4.75. The molecule has 4 rings (SSSR count). The van der Waals surface area contributed by atoms with Crippen LogP contribution in [0.2, 0.25) is 0 Å². The van der Waals surface area contributed by atoms with Gasteiger partial charge in [0.1, 0.15) is 29.9 Å². The molecule has 15 heteroatoms. The fourth-order valence-corrected chi connectivity index (χ4v) is 6.18. The molecule has 236 valence electrons. The molecule has 0 amide bonds. The van der Waals surface area contributed by atoms with Gasteiger partial charge in [-0.2, -0.15) is 0 Å². The van der Waals surface area contributed by atoms with E-state index in [0.29, 0.717) is 0 Å². The quantitative estimate of drug-likeness (QED) is 0.171. The predicted octanol–water partition coefficient (Wildman–Crippen LogP) is 4.18. The van der Waals surface area contributed by atoms with E-state index >= 15 is 0 Å². The topological polar surface area (TPSA) is 128 Å². The summed E-state index contributed by atoms with van der Waals surface area (Å²) < 4.78 is 71.3. The number of hydrogen-bond donors (Lipinski definition) is 0. The zero-order valence-electron chi connectivity index (χ0n) is 24.1. The number of rotatable bonds is 11. The largest absolute Gasteiger partial charge is 0.463 e. The van der Waals surface area contributed by atoms with Gasteiger partial charge < -0.3 is 23.7 Å². The zero-order chi connectivity index (χ0) is 32.0. The van der Waals surface area contributed by atoms with E-state index in [4.69, 9.17) is 23.7 Å². The van der Waals surface area contributed by atoms with Crippen molar-refractivity contribution in [3.05, 3.63) is 71.7 Å². The molecule has 6 atom stereocenters. The molecule has 0 N–H and O–H groups in total. The maximum atomic E-state index is 14.0. The summed E-state index contributed by atoms with van der Waals surface area (Å²) in [6.45, 7) is 3.43. The monoisotopic (exact) mass is 637 g/mol. The first-order chi connectivity index (χ1) is 21.0. The van der Waals surface area contributed by atoms with Gasteiger partial charge in [0.25, 0.3) is 0 Å². The molecule has 1 unspecified atom stereocenters. The van der Waals surface area contributed by atoms with Crippen LogP contribution in [0.15, 0.2) is 48.7 Å². The SMILES string of the molecule is COCC(S[C@@H]1O[C@H](COC(C)=O)[C@H](OC(C)=O)[C@H](n2cc(-c3cc(F)c(F)c(F)c3)nn2)[C@H]1OC(C)=O)c1ccccc1. The molecule has 2 heterocycles. The van der Waals surface area contributed by atoms with Crippen molar-refractivity contribution in [2.45, 2.75) is 55.8 Å². The molecule has 1 fully saturated rings.